The maximum absolute atomic E-state index is 12.5. The summed E-state index contributed by atoms with van der Waals surface area (Å²) in [4.78, 5) is 4.19. The molecule has 6 heteroatoms. The lowest BCUT2D eigenvalue weighted by Gasteiger charge is -2.34. The molecule has 0 bridgehead atoms. The zero-order chi connectivity index (χ0) is 13.3. The van der Waals surface area contributed by atoms with E-state index < -0.39 is 11.7 Å². The summed E-state index contributed by atoms with van der Waals surface area (Å²) in [5.74, 6) is 0. The van der Waals surface area contributed by atoms with Crippen molar-refractivity contribution in [1.29, 1.82) is 0 Å². The molecule has 0 N–H and O–H groups in total. The van der Waals surface area contributed by atoms with Crippen LogP contribution in [0.2, 0.25) is 5.02 Å². The average Bonchev–Trinajstić information content (AvgIpc) is 2.29. The SMILES string of the molecule is CN1CCN(c2ccc(C(F)(F)F)cc2Cl)CC1. The van der Waals surface area contributed by atoms with E-state index >= 15 is 0 Å². The summed E-state index contributed by atoms with van der Waals surface area (Å²) in [5, 5.41) is 0.161. The van der Waals surface area contributed by atoms with E-state index in [0.29, 0.717) is 5.69 Å². The molecule has 0 aliphatic carbocycles. The fourth-order valence-corrected chi connectivity index (χ4v) is 2.29. The van der Waals surface area contributed by atoms with Gasteiger partial charge in [-0.05, 0) is 25.2 Å². The van der Waals surface area contributed by atoms with Gasteiger partial charge in [0.25, 0.3) is 0 Å². The van der Waals surface area contributed by atoms with E-state index in [1.165, 1.54) is 6.07 Å². The van der Waals surface area contributed by atoms with Crippen LogP contribution in [0.25, 0.3) is 0 Å². The first-order chi connectivity index (χ1) is 8.38. The van der Waals surface area contributed by atoms with Crippen LogP contribution in [-0.4, -0.2) is 38.1 Å². The van der Waals surface area contributed by atoms with Crippen LogP contribution in [0, 0.1) is 0 Å². The molecule has 18 heavy (non-hydrogen) atoms. The summed E-state index contributed by atoms with van der Waals surface area (Å²) in [6.07, 6.45) is -4.34. The molecule has 1 aromatic rings. The minimum atomic E-state index is -4.34. The number of halogens is 4. The first kappa shape index (κ1) is 13.5. The van der Waals surface area contributed by atoms with E-state index in [-0.39, 0.29) is 5.02 Å². The Hall–Kier alpha value is -0.940. The summed E-state index contributed by atoms with van der Waals surface area (Å²) >= 11 is 5.95. The van der Waals surface area contributed by atoms with Crippen molar-refractivity contribution < 1.29 is 13.2 Å². The molecule has 0 aromatic heterocycles. The summed E-state index contributed by atoms with van der Waals surface area (Å²) < 4.78 is 37.5. The molecule has 1 aliphatic heterocycles. The van der Waals surface area contributed by atoms with Crippen molar-refractivity contribution in [3.05, 3.63) is 28.8 Å². The van der Waals surface area contributed by atoms with Gasteiger partial charge in [0.05, 0.1) is 16.3 Å². The van der Waals surface area contributed by atoms with Gasteiger partial charge in [-0.1, -0.05) is 11.6 Å². The van der Waals surface area contributed by atoms with Crippen LogP contribution in [0.3, 0.4) is 0 Å². The Balaban J connectivity index is 2.20. The van der Waals surface area contributed by atoms with Crippen molar-refractivity contribution in [2.75, 3.05) is 38.1 Å². The summed E-state index contributed by atoms with van der Waals surface area (Å²) in [5.41, 5.74) is -0.0249. The number of hydrogen-bond donors (Lipinski definition) is 0. The highest BCUT2D eigenvalue weighted by atomic mass is 35.5. The lowest BCUT2D eigenvalue weighted by molar-refractivity contribution is -0.137. The highest BCUT2D eigenvalue weighted by Crippen LogP contribution is 2.35. The third-order valence-electron chi connectivity index (χ3n) is 3.12. The molecular weight excluding hydrogens is 265 g/mol. The summed E-state index contributed by atoms with van der Waals surface area (Å²) in [7, 11) is 2.02. The number of rotatable bonds is 1. The van der Waals surface area contributed by atoms with E-state index in [1.807, 2.05) is 11.9 Å². The molecule has 2 rings (SSSR count). The zero-order valence-corrected chi connectivity index (χ0v) is 10.7. The highest BCUT2D eigenvalue weighted by Gasteiger charge is 2.31. The number of benzene rings is 1. The Morgan fingerprint density at radius 3 is 2.22 bits per heavy atom. The quantitative estimate of drug-likeness (QED) is 0.779. The lowest BCUT2D eigenvalue weighted by atomic mass is 10.1. The van der Waals surface area contributed by atoms with Crippen LogP contribution in [0.15, 0.2) is 18.2 Å². The van der Waals surface area contributed by atoms with Gasteiger partial charge in [-0.15, -0.1) is 0 Å². The van der Waals surface area contributed by atoms with Crippen LogP contribution in [0.5, 0.6) is 0 Å². The van der Waals surface area contributed by atoms with Gasteiger partial charge in [0, 0.05) is 26.2 Å². The van der Waals surface area contributed by atoms with Crippen molar-refractivity contribution in [3.8, 4) is 0 Å². The molecule has 1 fully saturated rings. The standard InChI is InChI=1S/C12H14ClF3N2/c1-17-4-6-18(7-5-17)11-3-2-9(8-10(11)13)12(14,15)16/h2-3,8H,4-7H2,1H3. The van der Waals surface area contributed by atoms with Gasteiger partial charge >= 0.3 is 6.18 Å². The normalized spacial score (nSPS) is 18.2. The smallest absolute Gasteiger partial charge is 0.368 e. The van der Waals surface area contributed by atoms with Crippen LogP contribution in [-0.2, 0) is 6.18 Å². The number of nitrogens with zero attached hydrogens (tertiary/aromatic N) is 2. The number of alkyl halides is 3. The molecular formula is C12H14ClF3N2. The van der Waals surface area contributed by atoms with Gasteiger partial charge in [-0.3, -0.25) is 0 Å². The first-order valence-corrected chi connectivity index (χ1v) is 6.06. The molecule has 0 radical (unpaired) electrons. The largest absolute Gasteiger partial charge is 0.416 e. The maximum atomic E-state index is 12.5. The summed E-state index contributed by atoms with van der Waals surface area (Å²) in [6, 6.07) is 3.53. The van der Waals surface area contributed by atoms with Crippen molar-refractivity contribution in [2.45, 2.75) is 6.18 Å². The van der Waals surface area contributed by atoms with Gasteiger partial charge in [0.15, 0.2) is 0 Å². The minimum Gasteiger partial charge on any atom is -0.368 e. The van der Waals surface area contributed by atoms with Crippen molar-refractivity contribution in [3.63, 3.8) is 0 Å². The third kappa shape index (κ3) is 2.90. The van der Waals surface area contributed by atoms with E-state index in [0.717, 1.165) is 38.3 Å². The number of piperazine rings is 1. The number of hydrogen-bond acceptors (Lipinski definition) is 2. The third-order valence-corrected chi connectivity index (χ3v) is 3.42. The Kier molecular flexibility index (Phi) is 3.73. The minimum absolute atomic E-state index is 0.161. The lowest BCUT2D eigenvalue weighted by Crippen LogP contribution is -2.44. The van der Waals surface area contributed by atoms with Gasteiger partial charge in [0.2, 0.25) is 0 Å². The fourth-order valence-electron chi connectivity index (χ4n) is 1.99. The van der Waals surface area contributed by atoms with Crippen molar-refractivity contribution >= 4 is 17.3 Å². The monoisotopic (exact) mass is 278 g/mol. The molecule has 0 amide bonds. The molecule has 0 spiro atoms. The molecule has 1 aromatic carbocycles. The number of likely N-dealkylation sites (N-methyl/N-ethyl adjacent to an activating group) is 1. The molecule has 0 unspecified atom stereocenters. The van der Waals surface area contributed by atoms with Gasteiger partial charge in [-0.25, -0.2) is 0 Å². The highest BCUT2D eigenvalue weighted by molar-refractivity contribution is 6.33. The predicted molar refractivity (Wildman–Crippen MR) is 66.2 cm³/mol. The fraction of sp³-hybridized carbons (Fsp3) is 0.500. The molecule has 0 saturated carbocycles. The van der Waals surface area contributed by atoms with Crippen LogP contribution < -0.4 is 4.90 Å². The molecule has 1 saturated heterocycles. The van der Waals surface area contributed by atoms with Crippen LogP contribution in [0.4, 0.5) is 18.9 Å². The molecule has 0 atom stereocenters. The van der Waals surface area contributed by atoms with Gasteiger partial charge in [-0.2, -0.15) is 13.2 Å². The molecule has 1 heterocycles. The average molecular weight is 279 g/mol. The van der Waals surface area contributed by atoms with E-state index in [1.54, 1.807) is 0 Å². The molecule has 1 aliphatic rings. The van der Waals surface area contributed by atoms with Gasteiger partial charge in [0.1, 0.15) is 0 Å². The Morgan fingerprint density at radius 2 is 1.72 bits per heavy atom. The van der Waals surface area contributed by atoms with Crippen molar-refractivity contribution in [2.24, 2.45) is 0 Å². The predicted octanol–water partition coefficient (Wildman–Crippen LogP) is 3.11. The van der Waals surface area contributed by atoms with Gasteiger partial charge < -0.3 is 9.80 Å². The Labute approximate surface area is 109 Å². The first-order valence-electron chi connectivity index (χ1n) is 5.68. The Bertz CT molecular complexity index is 426. The second kappa shape index (κ2) is 4.97. The molecule has 2 nitrogen and oxygen atoms in total. The van der Waals surface area contributed by atoms with E-state index in [4.69, 9.17) is 11.6 Å². The van der Waals surface area contributed by atoms with E-state index in [2.05, 4.69) is 4.90 Å². The number of anilines is 1. The Morgan fingerprint density at radius 1 is 1.11 bits per heavy atom. The second-order valence-electron chi connectivity index (χ2n) is 4.45. The second-order valence-corrected chi connectivity index (χ2v) is 4.86. The van der Waals surface area contributed by atoms with Crippen LogP contribution >= 0.6 is 11.6 Å². The summed E-state index contributed by atoms with van der Waals surface area (Å²) in [6.45, 7) is 3.33. The van der Waals surface area contributed by atoms with E-state index in [9.17, 15) is 13.2 Å². The van der Waals surface area contributed by atoms with Crippen molar-refractivity contribution in [1.82, 2.24) is 4.90 Å². The van der Waals surface area contributed by atoms with Crippen LogP contribution in [0.1, 0.15) is 5.56 Å². The maximum Gasteiger partial charge on any atom is 0.416 e. The topological polar surface area (TPSA) is 6.48 Å². The zero-order valence-electron chi connectivity index (χ0n) is 9.97. The molecule has 100 valence electrons.